The van der Waals surface area contributed by atoms with E-state index in [2.05, 4.69) is 10.2 Å². The van der Waals surface area contributed by atoms with E-state index < -0.39 is 5.97 Å². The molecule has 2 rings (SSSR count). The number of aromatic nitrogens is 3. The first kappa shape index (κ1) is 15.2. The molecule has 0 fully saturated rings. The van der Waals surface area contributed by atoms with Crippen LogP contribution in [0.3, 0.4) is 0 Å². The normalized spacial score (nSPS) is 10.7. The van der Waals surface area contributed by atoms with Crippen LogP contribution in [0, 0.1) is 19.7 Å². The summed E-state index contributed by atoms with van der Waals surface area (Å²) in [6.45, 7) is 6.23. The van der Waals surface area contributed by atoms with Crippen LogP contribution in [0.5, 0.6) is 0 Å². The van der Waals surface area contributed by atoms with Gasteiger partial charge < -0.3 is 9.30 Å². The Morgan fingerprint density at radius 1 is 1.33 bits per heavy atom. The number of carbonyl (C=O) groups is 1. The van der Waals surface area contributed by atoms with Crippen molar-refractivity contribution in [1.82, 2.24) is 14.8 Å². The zero-order valence-corrected chi connectivity index (χ0v) is 12.4. The molecule has 0 aliphatic carbocycles. The highest BCUT2D eigenvalue weighted by molar-refractivity contribution is 5.85. The molecule has 0 N–H and O–H groups in total. The van der Waals surface area contributed by atoms with Crippen molar-refractivity contribution in [2.45, 2.75) is 33.7 Å². The van der Waals surface area contributed by atoms with Crippen LogP contribution in [0.2, 0.25) is 0 Å². The van der Waals surface area contributed by atoms with Gasteiger partial charge >= 0.3 is 5.97 Å². The molecule has 5 nitrogen and oxygen atoms in total. The molecule has 1 aromatic heterocycles. The van der Waals surface area contributed by atoms with E-state index in [4.69, 9.17) is 4.74 Å². The zero-order chi connectivity index (χ0) is 15.4. The van der Waals surface area contributed by atoms with Crippen LogP contribution in [-0.4, -0.2) is 27.3 Å². The number of nitrogens with zero attached hydrogens (tertiary/aromatic N) is 3. The van der Waals surface area contributed by atoms with Crippen LogP contribution < -0.4 is 0 Å². The van der Waals surface area contributed by atoms with Gasteiger partial charge in [0.05, 0.1) is 6.61 Å². The minimum atomic E-state index is -0.478. The summed E-state index contributed by atoms with van der Waals surface area (Å²) in [4.78, 5) is 11.8. The molecule has 21 heavy (non-hydrogen) atoms. The first-order chi connectivity index (χ1) is 10.0. The molecule has 0 spiro atoms. The van der Waals surface area contributed by atoms with Crippen molar-refractivity contribution < 1.29 is 13.9 Å². The Kier molecular flexibility index (Phi) is 4.67. The Morgan fingerprint density at radius 3 is 2.76 bits per heavy atom. The van der Waals surface area contributed by atoms with E-state index in [-0.39, 0.29) is 11.6 Å². The number of aryl methyl sites for hydroxylation is 3. The summed E-state index contributed by atoms with van der Waals surface area (Å²) in [5, 5.41) is 7.78. The fourth-order valence-electron chi connectivity index (χ4n) is 2.17. The fourth-order valence-corrected chi connectivity index (χ4v) is 2.17. The largest absolute Gasteiger partial charge is 0.460 e. The van der Waals surface area contributed by atoms with Gasteiger partial charge in [-0.15, -0.1) is 10.2 Å². The quantitative estimate of drug-likeness (QED) is 0.794. The summed E-state index contributed by atoms with van der Waals surface area (Å²) in [7, 11) is 0. The van der Waals surface area contributed by atoms with Crippen LogP contribution in [0.25, 0.3) is 0 Å². The third kappa shape index (κ3) is 3.45. The summed E-state index contributed by atoms with van der Waals surface area (Å²) < 4.78 is 19.8. The highest BCUT2D eigenvalue weighted by Crippen LogP contribution is 2.13. The highest BCUT2D eigenvalue weighted by Gasteiger charge is 2.17. The van der Waals surface area contributed by atoms with Crippen molar-refractivity contribution in [2.24, 2.45) is 0 Å². The molecule has 1 heterocycles. The molecule has 1 aromatic carbocycles. The van der Waals surface area contributed by atoms with Crippen molar-refractivity contribution in [3.8, 4) is 0 Å². The lowest BCUT2D eigenvalue weighted by molar-refractivity contribution is 0.0505. The minimum absolute atomic E-state index is 0.203. The van der Waals surface area contributed by atoms with Crippen molar-refractivity contribution >= 4 is 5.97 Å². The molecule has 0 saturated carbocycles. The van der Waals surface area contributed by atoms with Gasteiger partial charge in [0, 0.05) is 6.54 Å². The molecule has 0 bridgehead atoms. The Balaban J connectivity index is 2.16. The van der Waals surface area contributed by atoms with Crippen molar-refractivity contribution in [3.05, 3.63) is 46.8 Å². The molecular weight excluding hydrogens is 273 g/mol. The summed E-state index contributed by atoms with van der Waals surface area (Å²) in [5.41, 5.74) is 1.91. The maximum absolute atomic E-state index is 13.1. The van der Waals surface area contributed by atoms with Crippen LogP contribution in [-0.2, 0) is 17.7 Å². The molecule has 0 aliphatic rings. The Morgan fingerprint density at radius 2 is 2.10 bits per heavy atom. The Bertz CT molecular complexity index is 652. The zero-order valence-electron chi connectivity index (χ0n) is 12.4. The van der Waals surface area contributed by atoms with Gasteiger partial charge in [-0.1, -0.05) is 6.07 Å². The summed E-state index contributed by atoms with van der Waals surface area (Å²) in [6.07, 6.45) is 0.664. The lowest BCUT2D eigenvalue weighted by Gasteiger charge is -2.10. The molecule has 6 heteroatoms. The number of esters is 1. The van der Waals surface area contributed by atoms with Gasteiger partial charge in [0.2, 0.25) is 5.82 Å². The highest BCUT2D eigenvalue weighted by atomic mass is 19.1. The van der Waals surface area contributed by atoms with E-state index in [1.807, 2.05) is 6.92 Å². The van der Waals surface area contributed by atoms with Crippen LogP contribution >= 0.6 is 0 Å². The second-order valence-electron chi connectivity index (χ2n) is 4.76. The predicted octanol–water partition coefficient (Wildman–Crippen LogP) is 2.45. The predicted molar refractivity (Wildman–Crippen MR) is 75.6 cm³/mol. The molecule has 0 amide bonds. The number of halogens is 1. The molecule has 0 atom stereocenters. The smallest absolute Gasteiger partial charge is 0.376 e. The van der Waals surface area contributed by atoms with Crippen molar-refractivity contribution in [2.75, 3.05) is 6.61 Å². The van der Waals surface area contributed by atoms with Crippen LogP contribution in [0.1, 0.15) is 34.5 Å². The Hall–Kier alpha value is -2.24. The number of benzene rings is 1. The van der Waals surface area contributed by atoms with Gasteiger partial charge in [0.1, 0.15) is 11.6 Å². The van der Waals surface area contributed by atoms with E-state index in [9.17, 15) is 9.18 Å². The van der Waals surface area contributed by atoms with Crippen LogP contribution in [0.4, 0.5) is 4.39 Å². The average molecular weight is 291 g/mol. The molecule has 0 aliphatic heterocycles. The van der Waals surface area contributed by atoms with Gasteiger partial charge in [0.25, 0.3) is 0 Å². The number of hydrogen-bond donors (Lipinski definition) is 0. The van der Waals surface area contributed by atoms with Crippen molar-refractivity contribution in [3.63, 3.8) is 0 Å². The summed E-state index contributed by atoms with van der Waals surface area (Å²) in [5.74, 6) is 0.129. The van der Waals surface area contributed by atoms with Crippen molar-refractivity contribution in [1.29, 1.82) is 0 Å². The van der Waals surface area contributed by atoms with Gasteiger partial charge in [-0.25, -0.2) is 9.18 Å². The lowest BCUT2D eigenvalue weighted by atomic mass is 10.1. The summed E-state index contributed by atoms with van der Waals surface area (Å²) >= 11 is 0. The number of ether oxygens (including phenoxy) is 1. The maximum Gasteiger partial charge on any atom is 0.376 e. The second kappa shape index (κ2) is 6.47. The SMILES string of the molecule is CCOC(=O)c1nnc(C)n1CCc1ccc(F)cc1C. The monoisotopic (exact) mass is 291 g/mol. The third-order valence-corrected chi connectivity index (χ3v) is 3.30. The fraction of sp³-hybridized carbons (Fsp3) is 0.400. The van der Waals surface area contributed by atoms with Gasteiger partial charge in [-0.3, -0.25) is 0 Å². The number of hydrogen-bond acceptors (Lipinski definition) is 4. The standard InChI is InChI=1S/C15H18FN3O2/c1-4-21-15(20)14-18-17-11(3)19(14)8-7-12-5-6-13(16)9-10(12)2/h5-6,9H,4,7-8H2,1-3H3. The topological polar surface area (TPSA) is 57.0 Å². The number of carbonyl (C=O) groups excluding carboxylic acids is 1. The van der Waals surface area contributed by atoms with E-state index in [1.54, 1.807) is 24.5 Å². The molecule has 112 valence electrons. The molecule has 0 unspecified atom stereocenters. The second-order valence-corrected chi connectivity index (χ2v) is 4.76. The van der Waals surface area contributed by atoms with Gasteiger partial charge in [-0.05, 0) is 50.5 Å². The summed E-state index contributed by atoms with van der Waals surface area (Å²) in [6, 6.07) is 4.70. The number of rotatable bonds is 5. The van der Waals surface area contributed by atoms with E-state index in [1.165, 1.54) is 12.1 Å². The molecular formula is C15H18FN3O2. The first-order valence-electron chi connectivity index (χ1n) is 6.85. The van der Waals surface area contributed by atoms with Gasteiger partial charge in [0.15, 0.2) is 0 Å². The van der Waals surface area contributed by atoms with Gasteiger partial charge in [-0.2, -0.15) is 0 Å². The Labute approximate surface area is 122 Å². The molecule has 2 aromatic rings. The van der Waals surface area contributed by atoms with E-state index >= 15 is 0 Å². The lowest BCUT2D eigenvalue weighted by Crippen LogP contribution is -2.15. The maximum atomic E-state index is 13.1. The average Bonchev–Trinajstić information content (AvgIpc) is 2.79. The molecule has 0 radical (unpaired) electrons. The van der Waals surface area contributed by atoms with Crippen LogP contribution in [0.15, 0.2) is 18.2 Å². The third-order valence-electron chi connectivity index (χ3n) is 3.30. The van der Waals surface area contributed by atoms with E-state index in [0.717, 1.165) is 11.1 Å². The first-order valence-corrected chi connectivity index (χ1v) is 6.85. The minimum Gasteiger partial charge on any atom is -0.460 e. The molecule has 0 saturated heterocycles. The van der Waals surface area contributed by atoms with E-state index in [0.29, 0.717) is 25.4 Å².